The summed E-state index contributed by atoms with van der Waals surface area (Å²) in [6.07, 6.45) is 3.78. The number of nitrogens with zero attached hydrogens (tertiary/aromatic N) is 4. The van der Waals surface area contributed by atoms with E-state index in [1.807, 2.05) is 13.8 Å². The highest BCUT2D eigenvalue weighted by molar-refractivity contribution is 5.56. The van der Waals surface area contributed by atoms with E-state index in [2.05, 4.69) is 33.4 Å². The van der Waals surface area contributed by atoms with Crippen LogP contribution in [0.25, 0.3) is 0 Å². The Labute approximate surface area is 120 Å². The van der Waals surface area contributed by atoms with Crippen LogP contribution in [-0.4, -0.2) is 39.8 Å². The van der Waals surface area contributed by atoms with Crippen LogP contribution in [0, 0.1) is 25.2 Å². The molecule has 1 aliphatic carbocycles. The normalized spacial score (nSPS) is 26.5. The molecule has 5 heteroatoms. The molecule has 20 heavy (non-hydrogen) atoms. The highest BCUT2D eigenvalue weighted by atomic mass is 15.3. The third kappa shape index (κ3) is 2.36. The molecule has 5 nitrogen and oxygen atoms in total. The van der Waals surface area contributed by atoms with Gasteiger partial charge in [0.2, 0.25) is 0 Å². The van der Waals surface area contributed by atoms with Crippen molar-refractivity contribution in [3.05, 3.63) is 16.8 Å². The molecule has 0 aromatic carbocycles. The first kappa shape index (κ1) is 13.3. The van der Waals surface area contributed by atoms with Gasteiger partial charge in [-0.15, -0.1) is 5.10 Å². The van der Waals surface area contributed by atoms with E-state index in [4.69, 9.17) is 0 Å². The van der Waals surface area contributed by atoms with Crippen molar-refractivity contribution in [1.82, 2.24) is 15.1 Å². The maximum atomic E-state index is 9.33. The Kier molecular flexibility index (Phi) is 3.35. The molecule has 2 unspecified atom stereocenters. The van der Waals surface area contributed by atoms with Crippen molar-refractivity contribution in [2.45, 2.75) is 58.2 Å². The molecule has 1 saturated heterocycles. The van der Waals surface area contributed by atoms with Gasteiger partial charge in [0.05, 0.1) is 5.69 Å². The van der Waals surface area contributed by atoms with Gasteiger partial charge in [-0.05, 0) is 45.6 Å². The number of nitriles is 1. The van der Waals surface area contributed by atoms with E-state index in [0.29, 0.717) is 23.5 Å². The van der Waals surface area contributed by atoms with E-state index in [1.54, 1.807) is 0 Å². The Hall–Kier alpha value is -1.67. The van der Waals surface area contributed by atoms with E-state index in [-0.39, 0.29) is 0 Å². The van der Waals surface area contributed by atoms with Crippen LogP contribution in [-0.2, 0) is 0 Å². The van der Waals surface area contributed by atoms with Gasteiger partial charge < -0.3 is 5.32 Å². The molecular weight excluding hydrogens is 250 g/mol. The van der Waals surface area contributed by atoms with E-state index >= 15 is 0 Å². The summed E-state index contributed by atoms with van der Waals surface area (Å²) in [5.74, 6) is 0.644. The van der Waals surface area contributed by atoms with Crippen molar-refractivity contribution in [3.63, 3.8) is 0 Å². The predicted octanol–water partition coefficient (Wildman–Crippen LogP) is 2.00. The maximum Gasteiger partial charge on any atom is 0.167 e. The van der Waals surface area contributed by atoms with Gasteiger partial charge in [-0.1, -0.05) is 0 Å². The minimum absolute atomic E-state index is 0.370. The number of hydrogen-bond donors (Lipinski definition) is 1. The second-order valence-corrected chi connectivity index (χ2v) is 6.10. The lowest BCUT2D eigenvalue weighted by Gasteiger charge is -2.20. The molecule has 0 amide bonds. The molecule has 3 rings (SSSR count). The van der Waals surface area contributed by atoms with Gasteiger partial charge in [-0.3, -0.25) is 4.90 Å². The first-order chi connectivity index (χ1) is 9.60. The van der Waals surface area contributed by atoms with Crippen LogP contribution in [0.4, 0.5) is 5.82 Å². The maximum absolute atomic E-state index is 9.33. The monoisotopic (exact) mass is 271 g/mol. The third-order valence-electron chi connectivity index (χ3n) is 4.55. The van der Waals surface area contributed by atoms with Crippen molar-refractivity contribution in [1.29, 1.82) is 5.26 Å². The summed E-state index contributed by atoms with van der Waals surface area (Å²) in [5, 5.41) is 21.1. The lowest BCUT2D eigenvalue weighted by molar-refractivity contribution is 0.257. The van der Waals surface area contributed by atoms with E-state index in [1.165, 1.54) is 12.8 Å². The van der Waals surface area contributed by atoms with Crippen molar-refractivity contribution >= 4 is 5.82 Å². The zero-order valence-corrected chi connectivity index (χ0v) is 12.3. The van der Waals surface area contributed by atoms with Gasteiger partial charge in [-0.2, -0.15) is 10.4 Å². The molecule has 1 saturated carbocycles. The standard InChI is InChI=1S/C15H21N5/c1-9-6-12(8-20(9)13-4-5-13)17-15-14(7-16)10(2)11(3)18-19-15/h9,12-13H,4-6,8H2,1-3H3,(H,17,19). The predicted molar refractivity (Wildman–Crippen MR) is 77.4 cm³/mol. The number of likely N-dealkylation sites (tertiary alicyclic amines) is 1. The van der Waals surface area contributed by atoms with Gasteiger partial charge in [0.25, 0.3) is 0 Å². The number of aromatic nitrogens is 2. The van der Waals surface area contributed by atoms with Crippen molar-refractivity contribution in [2.75, 3.05) is 11.9 Å². The zero-order chi connectivity index (χ0) is 14.3. The smallest absolute Gasteiger partial charge is 0.167 e. The Balaban J connectivity index is 1.76. The van der Waals surface area contributed by atoms with Gasteiger partial charge in [0.15, 0.2) is 5.82 Å². The molecule has 0 bridgehead atoms. The molecular formula is C15H21N5. The first-order valence-electron chi connectivity index (χ1n) is 7.36. The Morgan fingerprint density at radius 3 is 2.70 bits per heavy atom. The second kappa shape index (κ2) is 5.02. The lowest BCUT2D eigenvalue weighted by atomic mass is 10.1. The molecule has 1 N–H and O–H groups in total. The Morgan fingerprint density at radius 1 is 1.30 bits per heavy atom. The van der Waals surface area contributed by atoms with Crippen LogP contribution in [0.1, 0.15) is 43.0 Å². The molecule has 1 aliphatic heterocycles. The van der Waals surface area contributed by atoms with Crippen LogP contribution >= 0.6 is 0 Å². The minimum atomic E-state index is 0.370. The van der Waals surface area contributed by atoms with Gasteiger partial charge in [-0.25, -0.2) is 0 Å². The van der Waals surface area contributed by atoms with Gasteiger partial charge in [0, 0.05) is 24.7 Å². The fourth-order valence-corrected chi connectivity index (χ4v) is 3.12. The highest BCUT2D eigenvalue weighted by Crippen LogP contribution is 2.34. The van der Waals surface area contributed by atoms with E-state index in [0.717, 1.165) is 30.3 Å². The summed E-state index contributed by atoms with van der Waals surface area (Å²) < 4.78 is 0. The van der Waals surface area contributed by atoms with Gasteiger partial charge >= 0.3 is 0 Å². The molecule has 0 radical (unpaired) electrons. The third-order valence-corrected chi connectivity index (χ3v) is 4.55. The fourth-order valence-electron chi connectivity index (χ4n) is 3.12. The summed E-state index contributed by atoms with van der Waals surface area (Å²) in [5.41, 5.74) is 2.39. The Bertz CT molecular complexity index is 558. The summed E-state index contributed by atoms with van der Waals surface area (Å²) in [6.45, 7) is 7.16. The molecule has 2 heterocycles. The summed E-state index contributed by atoms with van der Waals surface area (Å²) in [6, 6.07) is 4.03. The van der Waals surface area contributed by atoms with Crippen LogP contribution < -0.4 is 5.32 Å². The average molecular weight is 271 g/mol. The molecule has 2 fully saturated rings. The number of hydrogen-bond acceptors (Lipinski definition) is 5. The number of nitrogens with one attached hydrogen (secondary N) is 1. The first-order valence-corrected chi connectivity index (χ1v) is 7.36. The highest BCUT2D eigenvalue weighted by Gasteiger charge is 2.39. The summed E-state index contributed by atoms with van der Waals surface area (Å²) >= 11 is 0. The lowest BCUT2D eigenvalue weighted by Crippen LogP contribution is -2.31. The topological polar surface area (TPSA) is 64.8 Å². The fraction of sp³-hybridized carbons (Fsp3) is 0.667. The van der Waals surface area contributed by atoms with Gasteiger partial charge in [0.1, 0.15) is 11.6 Å². The van der Waals surface area contributed by atoms with Crippen LogP contribution in [0.3, 0.4) is 0 Å². The second-order valence-electron chi connectivity index (χ2n) is 6.10. The van der Waals surface area contributed by atoms with Crippen molar-refractivity contribution in [2.24, 2.45) is 0 Å². The number of anilines is 1. The van der Waals surface area contributed by atoms with Crippen molar-refractivity contribution < 1.29 is 0 Å². The summed E-state index contributed by atoms with van der Waals surface area (Å²) in [7, 11) is 0. The minimum Gasteiger partial charge on any atom is -0.363 e. The summed E-state index contributed by atoms with van der Waals surface area (Å²) in [4.78, 5) is 2.58. The van der Waals surface area contributed by atoms with Crippen LogP contribution in [0.5, 0.6) is 0 Å². The van der Waals surface area contributed by atoms with Crippen LogP contribution in [0.2, 0.25) is 0 Å². The van der Waals surface area contributed by atoms with Crippen LogP contribution in [0.15, 0.2) is 0 Å². The molecule has 2 atom stereocenters. The molecule has 2 aliphatic rings. The largest absolute Gasteiger partial charge is 0.363 e. The number of aryl methyl sites for hydroxylation is 1. The molecule has 106 valence electrons. The number of rotatable bonds is 3. The van der Waals surface area contributed by atoms with E-state index in [9.17, 15) is 5.26 Å². The van der Waals surface area contributed by atoms with Crippen molar-refractivity contribution in [3.8, 4) is 6.07 Å². The SMILES string of the molecule is Cc1nnc(NC2CC(C)N(C3CC3)C2)c(C#N)c1C. The molecule has 1 aromatic rings. The zero-order valence-electron chi connectivity index (χ0n) is 12.3. The molecule has 0 spiro atoms. The molecule has 1 aromatic heterocycles. The average Bonchev–Trinajstić information content (AvgIpc) is 3.19. The van der Waals surface area contributed by atoms with E-state index < -0.39 is 0 Å². The quantitative estimate of drug-likeness (QED) is 0.911. The Morgan fingerprint density at radius 2 is 2.05 bits per heavy atom.